The molecule has 0 bridgehead atoms. The van der Waals surface area contributed by atoms with E-state index in [9.17, 15) is 38.4 Å². The van der Waals surface area contributed by atoms with Gasteiger partial charge in [0.05, 0.1) is 14.2 Å². The molecule has 0 unspecified atom stereocenters. The maximum atomic E-state index is 12.7. The molecule has 0 saturated carbocycles. The van der Waals surface area contributed by atoms with Crippen molar-refractivity contribution in [3.05, 3.63) is 281 Å². The lowest BCUT2D eigenvalue weighted by Gasteiger charge is -2.26. The van der Waals surface area contributed by atoms with E-state index in [0.717, 1.165) is 118 Å². The molecule has 0 radical (unpaired) electrons. The SMILES string of the molecule is CC1=C/C(=C/C=C2/C=C(C)C(=O)C(C(C)(C)C)=C2)C=C(C(C)(C)C)C1=O.CCC1=C/C(=C/C=C2/C=C(C)C(=O)C(C(C)(C)C)=C2)C=C(C(C)(C)C)C1=O.COC1=C/C(=C/C=C2/C=C(C)C(=O)C(C(C)(C)C)=C2)C=C(C(C)(C)C)C1=O.COC1=C/C(=C/C=C2\C=CC(=O)C(C)=C2)C=CC1=O. The van der Waals surface area contributed by atoms with E-state index in [1.807, 2.05) is 198 Å². The predicted octanol–water partition coefficient (Wildman–Crippen LogP) is 20.1. The first-order valence-corrected chi connectivity index (χ1v) is 34.0. The van der Waals surface area contributed by atoms with E-state index >= 15 is 0 Å². The molecule has 0 spiro atoms. The molecule has 0 fully saturated rings. The lowest BCUT2D eigenvalue weighted by molar-refractivity contribution is -0.116. The Morgan fingerprint density at radius 1 is 0.263 bits per heavy atom. The van der Waals surface area contributed by atoms with Crippen LogP contribution in [0.3, 0.4) is 0 Å². The van der Waals surface area contributed by atoms with Crippen molar-refractivity contribution in [2.45, 2.75) is 173 Å². The van der Waals surface area contributed by atoms with Crippen LogP contribution in [0.25, 0.3) is 0 Å². The second-order valence-electron chi connectivity index (χ2n) is 32.1. The molecule has 8 aliphatic rings. The lowest BCUT2D eigenvalue weighted by Crippen LogP contribution is -2.22. The van der Waals surface area contributed by atoms with Crippen LogP contribution in [0.15, 0.2) is 281 Å². The second-order valence-corrected chi connectivity index (χ2v) is 32.1. The van der Waals surface area contributed by atoms with E-state index in [1.54, 1.807) is 37.3 Å². The van der Waals surface area contributed by atoms with Gasteiger partial charge in [0.25, 0.3) is 0 Å². The van der Waals surface area contributed by atoms with Crippen molar-refractivity contribution in [2.75, 3.05) is 14.2 Å². The summed E-state index contributed by atoms with van der Waals surface area (Å²) in [7, 11) is 2.99. The molecular formula is C89H106O10. The van der Waals surface area contributed by atoms with Crippen LogP contribution in [0, 0.1) is 32.5 Å². The van der Waals surface area contributed by atoms with Crippen molar-refractivity contribution < 1.29 is 47.8 Å². The minimum absolute atomic E-state index is 0.0366. The molecule has 10 nitrogen and oxygen atoms in total. The molecular weight excluding hydrogens is 1230 g/mol. The highest BCUT2D eigenvalue weighted by Crippen LogP contribution is 2.39. The molecule has 8 rings (SSSR count). The Morgan fingerprint density at radius 3 is 0.778 bits per heavy atom. The van der Waals surface area contributed by atoms with Gasteiger partial charge in [-0.05, 0) is 243 Å². The Hall–Kier alpha value is -9.28. The third kappa shape index (κ3) is 21.9. The summed E-state index contributed by atoms with van der Waals surface area (Å²) >= 11 is 0. The van der Waals surface area contributed by atoms with Crippen LogP contribution < -0.4 is 0 Å². The standard InChI is InChI=1S/C25H32O2.C24H30O3.C24H30O2.C16H14O3/c1-9-19-13-18(15-21(23(19)27)25(6,7)8)11-10-17-12-16(2)22(26)20(14-17)24(3,4)5;1-15-11-16(12-18(21(15)25)23(2,3)4)9-10-17-13-19(24(5,6)7)22(26)20(14-17)27-8;1-15-11-17(13-19(21(15)25)23(3,4)5)9-10-18-12-16(2)22(26)20(14-18)24(6,7)8;1-11-9-12(5-7-14(11)17)3-4-13-6-8-15(18)16(10-13)19-2/h10-15H,9H2,1-8H3;9-14H,1-8H3;9-14H,1-8H3;3-10H,1-2H3/b17-10-,18-11-;16-9-,17-10+;17-9-,18-10-;12-3+,13-4+. The Morgan fingerprint density at radius 2 is 0.495 bits per heavy atom. The number of Topliss-reactive ketones (excluding diaryl/α,β-unsaturated/α-hetero) is 6. The number of carbonyl (C=O) groups excluding carboxylic acids is 8. The summed E-state index contributed by atoms with van der Waals surface area (Å²) < 4.78 is 10.3. The molecule has 99 heavy (non-hydrogen) atoms. The average molecular weight is 1340 g/mol. The molecule has 8 aliphatic carbocycles. The van der Waals surface area contributed by atoms with Crippen LogP contribution in [0.5, 0.6) is 0 Å². The van der Waals surface area contributed by atoms with Crippen LogP contribution in [-0.4, -0.2) is 60.5 Å². The van der Waals surface area contributed by atoms with Crippen molar-refractivity contribution in [2.24, 2.45) is 32.5 Å². The molecule has 0 saturated heterocycles. The zero-order valence-electron chi connectivity index (χ0n) is 63.8. The van der Waals surface area contributed by atoms with Crippen molar-refractivity contribution in [3.8, 4) is 0 Å². The van der Waals surface area contributed by atoms with Gasteiger partial charge < -0.3 is 9.47 Å². The molecule has 0 atom stereocenters. The van der Waals surface area contributed by atoms with Crippen LogP contribution >= 0.6 is 0 Å². The molecule has 0 N–H and O–H groups in total. The minimum atomic E-state index is -0.269. The van der Waals surface area contributed by atoms with E-state index in [-0.39, 0.29) is 78.8 Å². The van der Waals surface area contributed by atoms with Crippen molar-refractivity contribution in [1.29, 1.82) is 0 Å². The number of ether oxygens (including phenoxy) is 2. The van der Waals surface area contributed by atoms with Crippen molar-refractivity contribution >= 4 is 46.3 Å². The van der Waals surface area contributed by atoms with Gasteiger partial charge in [0.1, 0.15) is 0 Å². The molecule has 0 aromatic carbocycles. The Kier molecular flexibility index (Phi) is 26.1. The minimum Gasteiger partial charge on any atom is -0.493 e. The van der Waals surface area contributed by atoms with Gasteiger partial charge in [-0.2, -0.15) is 0 Å². The van der Waals surface area contributed by atoms with E-state index in [1.165, 1.54) is 20.3 Å². The van der Waals surface area contributed by atoms with Crippen LogP contribution in [0.2, 0.25) is 0 Å². The summed E-state index contributed by atoms with van der Waals surface area (Å²) in [5.41, 5.74) is 16.0. The van der Waals surface area contributed by atoms with Crippen molar-refractivity contribution in [3.63, 3.8) is 0 Å². The predicted molar refractivity (Wildman–Crippen MR) is 406 cm³/mol. The summed E-state index contributed by atoms with van der Waals surface area (Å²) in [5, 5.41) is 0. The first kappa shape index (κ1) is 80.4. The maximum Gasteiger partial charge on any atom is 0.224 e. The van der Waals surface area contributed by atoms with E-state index in [2.05, 4.69) is 83.1 Å². The summed E-state index contributed by atoms with van der Waals surface area (Å²) in [6.45, 7) is 48.2. The number of methoxy groups -OCH3 is 2. The summed E-state index contributed by atoms with van der Waals surface area (Å²) in [4.78, 5) is 97.6. The molecule has 0 amide bonds. The Balaban J connectivity index is 0.000000240. The van der Waals surface area contributed by atoms with Gasteiger partial charge in [0.2, 0.25) is 11.6 Å². The summed E-state index contributed by atoms with van der Waals surface area (Å²) in [6, 6.07) is 0. The summed E-state index contributed by atoms with van der Waals surface area (Å²) in [6.07, 6.45) is 49.8. The van der Waals surface area contributed by atoms with Crippen LogP contribution in [-0.2, 0) is 47.8 Å². The van der Waals surface area contributed by atoms with Gasteiger partial charge in [-0.25, -0.2) is 0 Å². The van der Waals surface area contributed by atoms with Crippen LogP contribution in [0.4, 0.5) is 0 Å². The molecule has 522 valence electrons. The molecule has 0 aromatic heterocycles. The second kappa shape index (κ2) is 32.1. The Bertz CT molecular complexity index is 4020. The van der Waals surface area contributed by atoms with Crippen LogP contribution in [0.1, 0.15) is 173 Å². The van der Waals surface area contributed by atoms with E-state index in [4.69, 9.17) is 9.47 Å². The molecule has 10 heteroatoms. The topological polar surface area (TPSA) is 155 Å². The fraction of sp³-hybridized carbons (Fsp3) is 0.371. The fourth-order valence-corrected chi connectivity index (χ4v) is 11.2. The lowest BCUT2D eigenvalue weighted by atomic mass is 9.77. The number of hydrogen-bond acceptors (Lipinski definition) is 10. The van der Waals surface area contributed by atoms with Crippen molar-refractivity contribution in [1.82, 2.24) is 0 Å². The number of carbonyl (C=O) groups is 8. The van der Waals surface area contributed by atoms with Gasteiger partial charge in [-0.1, -0.05) is 192 Å². The zero-order valence-corrected chi connectivity index (χ0v) is 63.8. The third-order valence-electron chi connectivity index (χ3n) is 17.2. The van der Waals surface area contributed by atoms with Gasteiger partial charge in [0.15, 0.2) is 46.2 Å². The highest BCUT2D eigenvalue weighted by atomic mass is 16.5. The number of ketones is 8. The monoisotopic (exact) mass is 1330 g/mol. The average Bonchev–Trinajstić information content (AvgIpc) is 0.818. The van der Waals surface area contributed by atoms with Gasteiger partial charge in [0, 0.05) is 39.0 Å². The van der Waals surface area contributed by atoms with Gasteiger partial charge in [-0.3, -0.25) is 38.4 Å². The maximum absolute atomic E-state index is 12.7. The van der Waals surface area contributed by atoms with E-state index < -0.39 is 0 Å². The van der Waals surface area contributed by atoms with Gasteiger partial charge >= 0.3 is 0 Å². The molecule has 0 heterocycles. The largest absolute Gasteiger partial charge is 0.493 e. The first-order chi connectivity index (χ1) is 45.6. The number of allylic oxidation sites excluding steroid dienone is 46. The van der Waals surface area contributed by atoms with Gasteiger partial charge in [-0.15, -0.1) is 0 Å². The smallest absolute Gasteiger partial charge is 0.224 e. The zero-order chi connectivity index (χ0) is 74.8. The molecule has 0 aromatic rings. The number of rotatable bonds is 7. The third-order valence-corrected chi connectivity index (χ3v) is 17.2. The number of hydrogen-bond donors (Lipinski definition) is 0. The molecule has 0 aliphatic heterocycles. The Labute approximate surface area is 591 Å². The quantitative estimate of drug-likeness (QED) is 0.240. The van der Waals surface area contributed by atoms with E-state index in [0.29, 0.717) is 11.5 Å². The highest BCUT2D eigenvalue weighted by molar-refractivity contribution is 6.14. The fourth-order valence-electron chi connectivity index (χ4n) is 11.2. The first-order valence-electron chi connectivity index (χ1n) is 34.0. The normalized spacial score (nSPS) is 22.2. The summed E-state index contributed by atoms with van der Waals surface area (Å²) in [5.74, 6) is 1.14. The highest BCUT2D eigenvalue weighted by Gasteiger charge is 2.34.